The molecule has 3 N–H and O–H groups in total. The Bertz CT molecular complexity index is 1190. The molecule has 1 aliphatic rings. The molecule has 3 aromatic carbocycles. The number of aromatic hydroxyl groups is 1. The standard InChI is InChI=1S/C26H26N2O5.ClH/c1-33-24-8-4-3-7-19(24)17-9-11-20(26(31)32)22(15-17)27-25(30)21-16-18(10-12-23(21)29)28-13-5-2-6-14-28;/h3-4,7-12,15-16,29H,2,5-6,13-14H2,1H3,(H,27,30)(H,31,32);1H. The van der Waals surface area contributed by atoms with Crippen LogP contribution in [0.15, 0.2) is 60.7 Å². The molecule has 1 fully saturated rings. The van der Waals surface area contributed by atoms with Gasteiger partial charge in [0, 0.05) is 24.3 Å². The largest absolute Gasteiger partial charge is 0.507 e. The number of phenolic OH excluding ortho intramolecular Hbond substituents is 1. The molecule has 34 heavy (non-hydrogen) atoms. The van der Waals surface area contributed by atoms with Gasteiger partial charge in [-0.25, -0.2) is 4.79 Å². The van der Waals surface area contributed by atoms with Gasteiger partial charge in [-0.1, -0.05) is 24.3 Å². The lowest BCUT2D eigenvalue weighted by Gasteiger charge is -2.29. The number of carbonyl (C=O) groups excluding carboxylic acids is 1. The van der Waals surface area contributed by atoms with Gasteiger partial charge in [0.15, 0.2) is 0 Å². The van der Waals surface area contributed by atoms with E-state index < -0.39 is 11.9 Å². The molecule has 4 rings (SSSR count). The molecule has 7 nitrogen and oxygen atoms in total. The lowest BCUT2D eigenvalue weighted by molar-refractivity contribution is 0.0698. The summed E-state index contributed by atoms with van der Waals surface area (Å²) < 4.78 is 5.41. The number of ether oxygens (including phenoxy) is 1. The number of carbonyl (C=O) groups is 2. The fourth-order valence-electron chi connectivity index (χ4n) is 4.13. The van der Waals surface area contributed by atoms with Crippen molar-refractivity contribution in [2.24, 2.45) is 0 Å². The topological polar surface area (TPSA) is 99.1 Å². The molecule has 1 aliphatic heterocycles. The van der Waals surface area contributed by atoms with Crippen molar-refractivity contribution in [1.82, 2.24) is 0 Å². The number of aromatic carboxylic acids is 1. The normalized spacial score (nSPS) is 13.0. The van der Waals surface area contributed by atoms with Gasteiger partial charge >= 0.3 is 5.97 Å². The fourth-order valence-corrected chi connectivity index (χ4v) is 4.13. The number of piperidine rings is 1. The summed E-state index contributed by atoms with van der Waals surface area (Å²) in [5.41, 5.74) is 2.50. The average molecular weight is 483 g/mol. The van der Waals surface area contributed by atoms with Crippen LogP contribution in [0.1, 0.15) is 40.0 Å². The second-order valence-corrected chi connectivity index (χ2v) is 7.97. The van der Waals surface area contributed by atoms with Crippen molar-refractivity contribution in [1.29, 1.82) is 0 Å². The predicted octanol–water partition coefficient (Wildman–Crippen LogP) is 5.43. The molecule has 0 radical (unpaired) electrons. The van der Waals surface area contributed by atoms with Crippen molar-refractivity contribution in [2.45, 2.75) is 19.3 Å². The Hall–Kier alpha value is -3.71. The van der Waals surface area contributed by atoms with Gasteiger partial charge < -0.3 is 25.2 Å². The number of halogens is 1. The van der Waals surface area contributed by atoms with Crippen molar-refractivity contribution >= 4 is 35.7 Å². The second-order valence-electron chi connectivity index (χ2n) is 7.97. The van der Waals surface area contributed by atoms with E-state index in [-0.39, 0.29) is 35.0 Å². The average Bonchev–Trinajstić information content (AvgIpc) is 2.84. The molecule has 1 saturated heterocycles. The first-order chi connectivity index (χ1) is 16.0. The lowest BCUT2D eigenvalue weighted by Crippen LogP contribution is -2.29. The zero-order chi connectivity index (χ0) is 23.4. The van der Waals surface area contributed by atoms with Crippen LogP contribution in [0.3, 0.4) is 0 Å². The van der Waals surface area contributed by atoms with Crippen LogP contribution in [-0.2, 0) is 0 Å². The Morgan fingerprint density at radius 1 is 0.941 bits per heavy atom. The number of nitrogens with zero attached hydrogens (tertiary/aromatic N) is 1. The van der Waals surface area contributed by atoms with Crippen LogP contribution < -0.4 is 15.0 Å². The summed E-state index contributed by atoms with van der Waals surface area (Å²) >= 11 is 0. The van der Waals surface area contributed by atoms with Crippen LogP contribution in [0.4, 0.5) is 11.4 Å². The molecule has 0 bridgehead atoms. The molecule has 0 unspecified atom stereocenters. The third-order valence-corrected chi connectivity index (χ3v) is 5.86. The Kier molecular flexibility index (Phi) is 8.02. The van der Waals surface area contributed by atoms with Crippen molar-refractivity contribution in [3.05, 3.63) is 71.8 Å². The number of carboxylic acid groups (broad SMARTS) is 1. The van der Waals surface area contributed by atoms with Crippen LogP contribution in [0.25, 0.3) is 11.1 Å². The van der Waals surface area contributed by atoms with Crippen molar-refractivity contribution in [2.75, 3.05) is 30.4 Å². The van der Waals surface area contributed by atoms with E-state index in [9.17, 15) is 19.8 Å². The molecule has 1 amide bonds. The highest BCUT2D eigenvalue weighted by molar-refractivity contribution is 6.10. The van der Waals surface area contributed by atoms with Gasteiger partial charge in [-0.05, 0) is 61.2 Å². The van der Waals surface area contributed by atoms with E-state index in [1.165, 1.54) is 18.6 Å². The maximum absolute atomic E-state index is 13.1. The molecular weight excluding hydrogens is 456 g/mol. The minimum atomic E-state index is -1.16. The van der Waals surface area contributed by atoms with Gasteiger partial charge in [0.05, 0.1) is 23.9 Å². The number of hydrogen-bond donors (Lipinski definition) is 3. The number of anilines is 2. The molecule has 178 valence electrons. The third kappa shape index (κ3) is 5.26. The van der Waals surface area contributed by atoms with E-state index in [0.717, 1.165) is 37.2 Å². The molecule has 3 aromatic rings. The highest BCUT2D eigenvalue weighted by atomic mass is 35.5. The van der Waals surface area contributed by atoms with Crippen molar-refractivity contribution in [3.8, 4) is 22.6 Å². The number of benzene rings is 3. The van der Waals surface area contributed by atoms with E-state index in [1.807, 2.05) is 24.3 Å². The van der Waals surface area contributed by atoms with Gasteiger partial charge in [0.25, 0.3) is 5.91 Å². The van der Waals surface area contributed by atoms with Gasteiger partial charge in [-0.15, -0.1) is 12.4 Å². The van der Waals surface area contributed by atoms with E-state index >= 15 is 0 Å². The summed E-state index contributed by atoms with van der Waals surface area (Å²) in [6, 6.07) is 17.0. The molecule has 1 heterocycles. The summed E-state index contributed by atoms with van der Waals surface area (Å²) in [5, 5.41) is 22.7. The number of para-hydroxylation sites is 1. The quantitative estimate of drug-likeness (QED) is 0.433. The fraction of sp³-hybridized carbons (Fsp3) is 0.231. The zero-order valence-corrected chi connectivity index (χ0v) is 19.6. The maximum Gasteiger partial charge on any atom is 0.337 e. The minimum absolute atomic E-state index is 0. The van der Waals surface area contributed by atoms with Crippen LogP contribution in [0.5, 0.6) is 11.5 Å². The maximum atomic E-state index is 13.1. The molecule has 0 atom stereocenters. The number of phenols is 1. The van der Waals surface area contributed by atoms with E-state index in [4.69, 9.17) is 4.74 Å². The zero-order valence-electron chi connectivity index (χ0n) is 18.8. The van der Waals surface area contributed by atoms with Crippen LogP contribution in [-0.4, -0.2) is 42.3 Å². The smallest absolute Gasteiger partial charge is 0.337 e. The molecule has 0 saturated carbocycles. The van der Waals surface area contributed by atoms with Crippen LogP contribution in [0, 0.1) is 0 Å². The first kappa shape index (κ1) is 24.9. The molecule has 0 aliphatic carbocycles. The summed E-state index contributed by atoms with van der Waals surface area (Å²) in [4.78, 5) is 27.1. The Morgan fingerprint density at radius 2 is 1.68 bits per heavy atom. The van der Waals surface area contributed by atoms with Crippen LogP contribution in [0.2, 0.25) is 0 Å². The molecule has 8 heteroatoms. The number of amides is 1. The monoisotopic (exact) mass is 482 g/mol. The van der Waals surface area contributed by atoms with E-state index in [1.54, 1.807) is 31.4 Å². The minimum Gasteiger partial charge on any atom is -0.507 e. The summed E-state index contributed by atoms with van der Waals surface area (Å²) in [6.45, 7) is 1.80. The van der Waals surface area contributed by atoms with Crippen molar-refractivity contribution in [3.63, 3.8) is 0 Å². The van der Waals surface area contributed by atoms with Crippen LogP contribution >= 0.6 is 12.4 Å². The Balaban J connectivity index is 0.00000324. The summed E-state index contributed by atoms with van der Waals surface area (Å²) in [7, 11) is 1.56. The predicted molar refractivity (Wildman–Crippen MR) is 135 cm³/mol. The SMILES string of the molecule is COc1ccccc1-c1ccc(C(=O)O)c(NC(=O)c2cc(N3CCCCC3)ccc2O)c1.Cl. The first-order valence-electron chi connectivity index (χ1n) is 10.9. The molecule has 0 spiro atoms. The van der Waals surface area contributed by atoms with Gasteiger partial charge in [-0.3, -0.25) is 4.79 Å². The number of methoxy groups -OCH3 is 1. The lowest BCUT2D eigenvalue weighted by atomic mass is 10.0. The van der Waals surface area contributed by atoms with Gasteiger partial charge in [-0.2, -0.15) is 0 Å². The number of carboxylic acids is 1. The van der Waals surface area contributed by atoms with E-state index in [2.05, 4.69) is 10.2 Å². The summed E-state index contributed by atoms with van der Waals surface area (Å²) in [6.07, 6.45) is 3.35. The second kappa shape index (κ2) is 10.9. The molecule has 0 aromatic heterocycles. The highest BCUT2D eigenvalue weighted by Crippen LogP contribution is 2.33. The number of hydrogen-bond acceptors (Lipinski definition) is 5. The summed E-state index contributed by atoms with van der Waals surface area (Å²) in [5.74, 6) is -1.27. The Morgan fingerprint density at radius 3 is 2.38 bits per heavy atom. The third-order valence-electron chi connectivity index (χ3n) is 5.86. The van der Waals surface area contributed by atoms with E-state index in [0.29, 0.717) is 11.3 Å². The van der Waals surface area contributed by atoms with Gasteiger partial charge in [0.2, 0.25) is 0 Å². The van der Waals surface area contributed by atoms with Gasteiger partial charge in [0.1, 0.15) is 11.5 Å². The first-order valence-corrected chi connectivity index (χ1v) is 10.9. The Labute approximate surface area is 204 Å². The number of nitrogens with one attached hydrogen (secondary N) is 1. The molecular formula is C26H27ClN2O5. The van der Waals surface area contributed by atoms with Crippen molar-refractivity contribution < 1.29 is 24.5 Å². The number of rotatable bonds is 6. The highest BCUT2D eigenvalue weighted by Gasteiger charge is 2.20.